The van der Waals surface area contributed by atoms with E-state index in [0.717, 1.165) is 42.0 Å². The summed E-state index contributed by atoms with van der Waals surface area (Å²) < 4.78 is 0.882. The van der Waals surface area contributed by atoms with E-state index in [1.165, 1.54) is 11.3 Å². The highest BCUT2D eigenvalue weighted by Gasteiger charge is 2.20. The summed E-state index contributed by atoms with van der Waals surface area (Å²) in [7, 11) is 0. The van der Waals surface area contributed by atoms with Gasteiger partial charge in [0.1, 0.15) is 4.88 Å². The minimum atomic E-state index is -0.241. The minimum absolute atomic E-state index is 0.116. The van der Waals surface area contributed by atoms with Crippen LogP contribution in [0.1, 0.15) is 16.6 Å². The number of piperazine rings is 1. The third-order valence-electron chi connectivity index (χ3n) is 5.01. The van der Waals surface area contributed by atoms with Crippen LogP contribution in [-0.2, 0) is 4.79 Å². The number of fused-ring (bicyclic) bond motifs is 1. The van der Waals surface area contributed by atoms with Gasteiger partial charge in [-0.1, -0.05) is 29.3 Å². The number of carbonyl (C=O) groups is 2. The molecule has 2 amide bonds. The van der Waals surface area contributed by atoms with E-state index in [9.17, 15) is 9.59 Å². The van der Waals surface area contributed by atoms with E-state index in [1.807, 2.05) is 41.3 Å². The molecule has 0 atom stereocenters. The highest BCUT2D eigenvalue weighted by Crippen LogP contribution is 2.37. The lowest BCUT2D eigenvalue weighted by atomic mass is 10.2. The molecule has 29 heavy (non-hydrogen) atoms. The summed E-state index contributed by atoms with van der Waals surface area (Å²) in [5, 5.41) is 4.79. The molecule has 1 aliphatic heterocycles. The number of rotatable bonds is 3. The zero-order valence-electron chi connectivity index (χ0n) is 15.7. The zero-order chi connectivity index (χ0) is 20.5. The molecule has 5 nitrogen and oxygen atoms in total. The second-order valence-electron chi connectivity index (χ2n) is 6.88. The van der Waals surface area contributed by atoms with Crippen LogP contribution in [0.4, 0.5) is 11.4 Å². The van der Waals surface area contributed by atoms with Gasteiger partial charge in [-0.3, -0.25) is 9.59 Å². The first-order valence-electron chi connectivity index (χ1n) is 9.22. The molecule has 0 radical (unpaired) electrons. The van der Waals surface area contributed by atoms with Crippen LogP contribution in [0.2, 0.25) is 10.0 Å². The third kappa shape index (κ3) is 4.20. The molecular weight excluding hydrogens is 429 g/mol. The van der Waals surface area contributed by atoms with Crippen LogP contribution in [0.15, 0.2) is 42.5 Å². The predicted octanol–water partition coefficient (Wildman–Crippen LogP) is 5.13. The molecule has 1 fully saturated rings. The Morgan fingerprint density at radius 3 is 2.34 bits per heavy atom. The van der Waals surface area contributed by atoms with Crippen LogP contribution < -0.4 is 10.2 Å². The first kappa shape index (κ1) is 20.0. The van der Waals surface area contributed by atoms with E-state index in [1.54, 1.807) is 13.0 Å². The molecule has 8 heteroatoms. The second kappa shape index (κ2) is 8.22. The number of hydrogen-bond donors (Lipinski definition) is 1. The fourth-order valence-corrected chi connectivity index (χ4v) is 5.10. The van der Waals surface area contributed by atoms with Crippen molar-refractivity contribution in [2.24, 2.45) is 0 Å². The maximum absolute atomic E-state index is 12.7. The van der Waals surface area contributed by atoms with Crippen molar-refractivity contribution in [3.05, 3.63) is 57.4 Å². The van der Waals surface area contributed by atoms with Crippen molar-refractivity contribution in [2.45, 2.75) is 6.92 Å². The first-order chi connectivity index (χ1) is 13.9. The Balaban J connectivity index is 1.44. The summed E-state index contributed by atoms with van der Waals surface area (Å²) in [6.45, 7) is 4.64. The fraction of sp³-hybridized carbons (Fsp3) is 0.238. The van der Waals surface area contributed by atoms with Crippen LogP contribution in [0.5, 0.6) is 0 Å². The maximum atomic E-state index is 12.7. The summed E-state index contributed by atoms with van der Waals surface area (Å²) in [6, 6.07) is 13.1. The van der Waals surface area contributed by atoms with Crippen molar-refractivity contribution in [2.75, 3.05) is 36.4 Å². The Bertz CT molecular complexity index is 1070. The normalized spacial score (nSPS) is 14.3. The molecule has 2 heterocycles. The smallest absolute Gasteiger partial charge is 0.267 e. The van der Waals surface area contributed by atoms with Crippen LogP contribution >= 0.6 is 34.5 Å². The maximum Gasteiger partial charge on any atom is 0.267 e. The van der Waals surface area contributed by atoms with Gasteiger partial charge in [0.15, 0.2) is 0 Å². The summed E-state index contributed by atoms with van der Waals surface area (Å²) in [5.41, 5.74) is 1.77. The molecule has 0 aliphatic carbocycles. The fourth-order valence-electron chi connectivity index (χ4n) is 3.41. The molecule has 0 unspecified atom stereocenters. The summed E-state index contributed by atoms with van der Waals surface area (Å²) in [4.78, 5) is 28.7. The standard InChI is InChI=1S/C21H19Cl2N3O2S/c1-13(27)25-8-10-26(11-9-25)16-5-3-15(4-6-16)24-21(28)20-19(23)17-7-2-14(22)12-18(17)29-20/h2-7,12H,8-11H2,1H3,(H,24,28). The number of anilines is 2. The molecule has 0 saturated carbocycles. The lowest BCUT2D eigenvalue weighted by Crippen LogP contribution is -2.48. The molecule has 1 N–H and O–H groups in total. The Kier molecular flexibility index (Phi) is 5.67. The topological polar surface area (TPSA) is 52.7 Å². The van der Waals surface area contributed by atoms with Gasteiger partial charge in [0, 0.05) is 59.6 Å². The van der Waals surface area contributed by atoms with E-state index in [-0.39, 0.29) is 11.8 Å². The number of nitrogens with zero attached hydrogens (tertiary/aromatic N) is 2. The largest absolute Gasteiger partial charge is 0.368 e. The summed E-state index contributed by atoms with van der Waals surface area (Å²) in [6.07, 6.45) is 0. The average molecular weight is 448 g/mol. The van der Waals surface area contributed by atoms with Gasteiger partial charge in [-0.05, 0) is 36.4 Å². The molecule has 0 bridgehead atoms. The van der Waals surface area contributed by atoms with Crippen LogP contribution in [0, 0.1) is 0 Å². The first-order valence-corrected chi connectivity index (χ1v) is 10.8. The van der Waals surface area contributed by atoms with Crippen molar-refractivity contribution in [1.82, 2.24) is 4.90 Å². The number of carbonyl (C=O) groups excluding carboxylic acids is 2. The van der Waals surface area contributed by atoms with Gasteiger partial charge in [0.05, 0.1) is 5.02 Å². The van der Waals surface area contributed by atoms with Crippen LogP contribution in [-0.4, -0.2) is 42.9 Å². The number of nitrogens with one attached hydrogen (secondary N) is 1. The van der Waals surface area contributed by atoms with Gasteiger partial charge in [0.2, 0.25) is 5.91 Å². The molecule has 1 saturated heterocycles. The van der Waals surface area contributed by atoms with Gasteiger partial charge in [0.25, 0.3) is 5.91 Å². The highest BCUT2D eigenvalue weighted by molar-refractivity contribution is 7.21. The van der Waals surface area contributed by atoms with Gasteiger partial charge in [-0.25, -0.2) is 0 Å². The zero-order valence-corrected chi connectivity index (χ0v) is 18.1. The lowest BCUT2D eigenvalue weighted by molar-refractivity contribution is -0.129. The second-order valence-corrected chi connectivity index (χ2v) is 8.75. The number of benzene rings is 2. The molecule has 4 rings (SSSR count). The van der Waals surface area contributed by atoms with E-state index >= 15 is 0 Å². The number of halogens is 2. The van der Waals surface area contributed by atoms with Crippen molar-refractivity contribution in [3.63, 3.8) is 0 Å². The summed E-state index contributed by atoms with van der Waals surface area (Å²) in [5.74, 6) is -0.125. The Morgan fingerprint density at radius 2 is 1.69 bits per heavy atom. The van der Waals surface area contributed by atoms with E-state index in [4.69, 9.17) is 23.2 Å². The van der Waals surface area contributed by atoms with Gasteiger partial charge < -0.3 is 15.1 Å². The van der Waals surface area contributed by atoms with Crippen LogP contribution in [0.25, 0.3) is 10.1 Å². The number of hydrogen-bond acceptors (Lipinski definition) is 4. The van der Waals surface area contributed by atoms with Crippen molar-refractivity contribution in [3.8, 4) is 0 Å². The van der Waals surface area contributed by atoms with Gasteiger partial charge >= 0.3 is 0 Å². The van der Waals surface area contributed by atoms with Crippen molar-refractivity contribution in [1.29, 1.82) is 0 Å². The van der Waals surface area contributed by atoms with E-state index in [0.29, 0.717) is 20.6 Å². The van der Waals surface area contributed by atoms with Gasteiger partial charge in [-0.15, -0.1) is 11.3 Å². The van der Waals surface area contributed by atoms with Crippen LogP contribution in [0.3, 0.4) is 0 Å². The Morgan fingerprint density at radius 1 is 1.00 bits per heavy atom. The number of thiophene rings is 1. The van der Waals surface area contributed by atoms with Crippen molar-refractivity contribution < 1.29 is 9.59 Å². The molecule has 1 aromatic heterocycles. The van der Waals surface area contributed by atoms with E-state index in [2.05, 4.69) is 10.2 Å². The van der Waals surface area contributed by atoms with E-state index < -0.39 is 0 Å². The molecule has 150 valence electrons. The lowest BCUT2D eigenvalue weighted by Gasteiger charge is -2.35. The average Bonchev–Trinajstić information content (AvgIpc) is 3.04. The minimum Gasteiger partial charge on any atom is -0.368 e. The quantitative estimate of drug-likeness (QED) is 0.605. The Hall–Kier alpha value is -2.28. The third-order valence-corrected chi connectivity index (χ3v) is 6.90. The molecule has 3 aromatic rings. The predicted molar refractivity (Wildman–Crippen MR) is 121 cm³/mol. The molecular formula is C21H19Cl2N3O2S. The monoisotopic (exact) mass is 447 g/mol. The summed E-state index contributed by atoms with van der Waals surface area (Å²) >= 11 is 13.8. The molecule has 2 aromatic carbocycles. The van der Waals surface area contributed by atoms with Crippen molar-refractivity contribution >= 4 is 67.8 Å². The molecule has 1 aliphatic rings. The number of amides is 2. The Labute approximate surface area is 182 Å². The highest BCUT2D eigenvalue weighted by atomic mass is 35.5. The molecule has 0 spiro atoms. The SMILES string of the molecule is CC(=O)N1CCN(c2ccc(NC(=O)c3sc4cc(Cl)ccc4c3Cl)cc2)CC1. The van der Waals surface area contributed by atoms with Gasteiger partial charge in [-0.2, -0.15) is 0 Å².